The fraction of sp³-hybridized carbons (Fsp3) is 0.308. The molecule has 2 N–H and O–H groups in total. The molecule has 0 aliphatic rings. The van der Waals surface area contributed by atoms with Crippen LogP contribution in [0.2, 0.25) is 5.02 Å². The summed E-state index contributed by atoms with van der Waals surface area (Å²) in [4.78, 5) is 4.45. The van der Waals surface area contributed by atoms with Crippen LogP contribution in [0.25, 0.3) is 11.3 Å². The zero-order valence-corrected chi connectivity index (χ0v) is 11.5. The number of nitrogens with two attached hydrogens (primary N) is 1. The minimum absolute atomic E-state index is 0.382. The molecular weight excluding hydrogens is 250 g/mol. The van der Waals surface area contributed by atoms with Crippen LogP contribution in [0.4, 0.5) is 0 Å². The predicted octanol–water partition coefficient (Wildman–Crippen LogP) is 2.52. The summed E-state index contributed by atoms with van der Waals surface area (Å²) in [6.45, 7) is 2.33. The maximum Gasteiger partial charge on any atom is 0.128 e. The summed E-state index contributed by atoms with van der Waals surface area (Å²) in [6.07, 6.45) is 0. The Morgan fingerprint density at radius 1 is 1.44 bits per heavy atom. The van der Waals surface area contributed by atoms with Gasteiger partial charge in [-0.05, 0) is 25.1 Å². The van der Waals surface area contributed by atoms with Crippen LogP contribution >= 0.6 is 11.6 Å². The van der Waals surface area contributed by atoms with Crippen molar-refractivity contribution in [2.45, 2.75) is 13.5 Å². The van der Waals surface area contributed by atoms with Crippen LogP contribution in [0.3, 0.4) is 0 Å². The van der Waals surface area contributed by atoms with Crippen LogP contribution < -0.4 is 10.5 Å². The van der Waals surface area contributed by atoms with Crippen molar-refractivity contribution in [2.24, 2.45) is 12.8 Å². The largest absolute Gasteiger partial charge is 0.496 e. The molecule has 0 saturated carbocycles. The summed E-state index contributed by atoms with van der Waals surface area (Å²) < 4.78 is 7.37. The number of imidazole rings is 1. The summed E-state index contributed by atoms with van der Waals surface area (Å²) in [5, 5.41) is 0.660. The molecule has 4 nitrogen and oxygen atoms in total. The lowest BCUT2D eigenvalue weighted by atomic mass is 10.1. The molecule has 1 heterocycles. The number of hydrogen-bond acceptors (Lipinski definition) is 3. The van der Waals surface area contributed by atoms with E-state index >= 15 is 0 Å². The number of halogens is 1. The third kappa shape index (κ3) is 2.09. The third-order valence-corrected chi connectivity index (χ3v) is 3.24. The number of methoxy groups -OCH3 is 1. The lowest BCUT2D eigenvalue weighted by Gasteiger charge is -2.11. The van der Waals surface area contributed by atoms with Gasteiger partial charge in [0.25, 0.3) is 0 Å². The van der Waals surface area contributed by atoms with Gasteiger partial charge in [0.05, 0.1) is 18.5 Å². The molecule has 5 heteroatoms. The number of ether oxygens (including phenoxy) is 1. The molecule has 18 heavy (non-hydrogen) atoms. The minimum atomic E-state index is 0.382. The van der Waals surface area contributed by atoms with Gasteiger partial charge in [-0.3, -0.25) is 0 Å². The second kappa shape index (κ2) is 5.00. The van der Waals surface area contributed by atoms with Gasteiger partial charge in [-0.2, -0.15) is 0 Å². The molecule has 0 atom stereocenters. The van der Waals surface area contributed by atoms with Gasteiger partial charge in [-0.1, -0.05) is 11.6 Å². The molecule has 1 aromatic heterocycles. The van der Waals surface area contributed by atoms with Crippen molar-refractivity contribution >= 4 is 11.6 Å². The Balaban J connectivity index is 2.71. The highest BCUT2D eigenvalue weighted by Gasteiger charge is 2.17. The van der Waals surface area contributed by atoms with E-state index < -0.39 is 0 Å². The molecule has 0 amide bonds. The van der Waals surface area contributed by atoms with Crippen molar-refractivity contribution in [3.05, 3.63) is 34.7 Å². The van der Waals surface area contributed by atoms with Gasteiger partial charge in [0.15, 0.2) is 0 Å². The lowest BCUT2D eigenvalue weighted by molar-refractivity contribution is 0.416. The maximum absolute atomic E-state index is 6.06. The highest BCUT2D eigenvalue weighted by atomic mass is 35.5. The van der Waals surface area contributed by atoms with Gasteiger partial charge in [0, 0.05) is 24.2 Å². The zero-order chi connectivity index (χ0) is 13.3. The molecule has 0 radical (unpaired) electrons. The van der Waals surface area contributed by atoms with Crippen LogP contribution in [0.5, 0.6) is 5.75 Å². The van der Waals surface area contributed by atoms with Gasteiger partial charge in [0.2, 0.25) is 0 Å². The Morgan fingerprint density at radius 2 is 2.17 bits per heavy atom. The van der Waals surface area contributed by atoms with Gasteiger partial charge >= 0.3 is 0 Å². The molecule has 0 spiro atoms. The van der Waals surface area contributed by atoms with Gasteiger partial charge < -0.3 is 15.0 Å². The van der Waals surface area contributed by atoms with Gasteiger partial charge in [0.1, 0.15) is 11.6 Å². The van der Waals surface area contributed by atoms with Crippen molar-refractivity contribution in [1.82, 2.24) is 9.55 Å². The summed E-state index contributed by atoms with van der Waals surface area (Å²) in [7, 11) is 3.59. The SMILES string of the molecule is COc1ccc(Cl)cc1-c1c(CN)nc(C)n1C. The summed E-state index contributed by atoms with van der Waals surface area (Å²) in [5.74, 6) is 1.67. The quantitative estimate of drug-likeness (QED) is 0.928. The Labute approximate surface area is 111 Å². The van der Waals surface area contributed by atoms with Crippen molar-refractivity contribution in [2.75, 3.05) is 7.11 Å². The first-order chi connectivity index (χ1) is 8.58. The van der Waals surface area contributed by atoms with Gasteiger partial charge in [-0.15, -0.1) is 0 Å². The average molecular weight is 266 g/mol. The first kappa shape index (κ1) is 12.9. The highest BCUT2D eigenvalue weighted by molar-refractivity contribution is 6.31. The molecular formula is C13H16ClN3O. The Morgan fingerprint density at radius 3 is 2.78 bits per heavy atom. The van der Waals surface area contributed by atoms with E-state index in [0.29, 0.717) is 11.6 Å². The average Bonchev–Trinajstić information content (AvgIpc) is 2.65. The molecule has 0 unspecified atom stereocenters. The lowest BCUT2D eigenvalue weighted by Crippen LogP contribution is -2.02. The topological polar surface area (TPSA) is 53.1 Å². The molecule has 0 saturated heterocycles. The molecule has 0 aliphatic carbocycles. The Bertz CT molecular complexity index is 578. The van der Waals surface area contributed by atoms with E-state index in [1.165, 1.54) is 0 Å². The first-order valence-corrected chi connectivity index (χ1v) is 6.02. The fourth-order valence-corrected chi connectivity index (χ4v) is 2.19. The van der Waals surface area contributed by atoms with Crippen LogP contribution in [0, 0.1) is 6.92 Å². The molecule has 1 aromatic carbocycles. The van der Waals surface area contributed by atoms with E-state index in [9.17, 15) is 0 Å². The summed E-state index contributed by atoms with van der Waals surface area (Å²) in [5.41, 5.74) is 8.46. The number of benzene rings is 1. The summed E-state index contributed by atoms with van der Waals surface area (Å²) in [6, 6.07) is 5.52. The third-order valence-electron chi connectivity index (χ3n) is 3.00. The maximum atomic E-state index is 6.06. The smallest absolute Gasteiger partial charge is 0.128 e. The number of nitrogens with zero attached hydrogens (tertiary/aromatic N) is 2. The van der Waals surface area contributed by atoms with Gasteiger partial charge in [-0.25, -0.2) is 4.98 Å². The number of hydrogen-bond donors (Lipinski definition) is 1. The fourth-order valence-electron chi connectivity index (χ4n) is 2.02. The monoisotopic (exact) mass is 265 g/mol. The molecule has 0 aliphatic heterocycles. The summed E-state index contributed by atoms with van der Waals surface area (Å²) >= 11 is 6.06. The molecule has 96 valence electrons. The predicted molar refractivity (Wildman–Crippen MR) is 72.8 cm³/mol. The standard InChI is InChI=1S/C13H16ClN3O/c1-8-16-11(7-15)13(17(8)2)10-6-9(14)4-5-12(10)18-3/h4-6H,7,15H2,1-3H3. The molecule has 2 rings (SSSR count). The van der Waals surface area contributed by atoms with Crippen LogP contribution in [-0.4, -0.2) is 16.7 Å². The Kier molecular flexibility index (Phi) is 3.59. The van der Waals surface area contributed by atoms with Crippen molar-refractivity contribution in [3.63, 3.8) is 0 Å². The highest BCUT2D eigenvalue weighted by Crippen LogP contribution is 2.34. The second-order valence-corrected chi connectivity index (χ2v) is 4.50. The van der Waals surface area contributed by atoms with Crippen molar-refractivity contribution in [1.29, 1.82) is 0 Å². The van der Waals surface area contributed by atoms with E-state index in [1.54, 1.807) is 13.2 Å². The van der Waals surface area contributed by atoms with Crippen LogP contribution in [-0.2, 0) is 13.6 Å². The number of aromatic nitrogens is 2. The second-order valence-electron chi connectivity index (χ2n) is 4.06. The normalized spacial score (nSPS) is 10.7. The van der Waals surface area contributed by atoms with E-state index in [-0.39, 0.29) is 0 Å². The van der Waals surface area contributed by atoms with E-state index in [2.05, 4.69) is 4.98 Å². The van der Waals surface area contributed by atoms with Crippen LogP contribution in [0.15, 0.2) is 18.2 Å². The molecule has 0 bridgehead atoms. The van der Waals surface area contributed by atoms with E-state index in [1.807, 2.05) is 30.7 Å². The molecule has 0 fully saturated rings. The van der Waals surface area contributed by atoms with E-state index in [0.717, 1.165) is 28.5 Å². The van der Waals surface area contributed by atoms with Crippen LogP contribution in [0.1, 0.15) is 11.5 Å². The van der Waals surface area contributed by atoms with E-state index in [4.69, 9.17) is 22.1 Å². The number of rotatable bonds is 3. The minimum Gasteiger partial charge on any atom is -0.496 e. The Hall–Kier alpha value is -1.52. The van der Waals surface area contributed by atoms with Crippen molar-refractivity contribution in [3.8, 4) is 17.0 Å². The molecule has 2 aromatic rings. The van der Waals surface area contributed by atoms with Crippen molar-refractivity contribution < 1.29 is 4.74 Å². The number of aryl methyl sites for hydroxylation is 1. The zero-order valence-electron chi connectivity index (χ0n) is 10.7. The first-order valence-electron chi connectivity index (χ1n) is 5.64.